The molecule has 1 rings (SSSR count). The molecule has 5 heteroatoms. The fraction of sp³-hybridized carbons (Fsp3) is 0.833. The van der Waals surface area contributed by atoms with Crippen molar-refractivity contribution >= 4 is 23.1 Å². The summed E-state index contributed by atoms with van der Waals surface area (Å²) >= 11 is 4.92. The predicted molar refractivity (Wildman–Crippen MR) is 71.7 cm³/mol. The van der Waals surface area contributed by atoms with Gasteiger partial charge in [-0.3, -0.25) is 4.79 Å². The lowest BCUT2D eigenvalue weighted by Gasteiger charge is -2.25. The molecule has 3 atom stereocenters. The zero-order valence-electron chi connectivity index (χ0n) is 10.8. The summed E-state index contributed by atoms with van der Waals surface area (Å²) in [6.45, 7) is 5.26. The second-order valence-electron chi connectivity index (χ2n) is 4.73. The summed E-state index contributed by atoms with van der Waals surface area (Å²) in [5, 5.41) is 0. The molecule has 0 aromatic carbocycles. The topological polar surface area (TPSA) is 55.6 Å². The summed E-state index contributed by atoms with van der Waals surface area (Å²) in [6, 6.07) is 0. The van der Waals surface area contributed by atoms with Gasteiger partial charge in [0.25, 0.3) is 0 Å². The average molecular weight is 258 g/mol. The van der Waals surface area contributed by atoms with Crippen molar-refractivity contribution in [2.45, 2.75) is 32.8 Å². The second kappa shape index (κ2) is 6.31. The fourth-order valence-electron chi connectivity index (χ4n) is 2.21. The Kier molecular flexibility index (Phi) is 5.33. The Morgan fingerprint density at radius 3 is 2.82 bits per heavy atom. The van der Waals surface area contributed by atoms with Crippen LogP contribution in [-0.4, -0.2) is 42.1 Å². The van der Waals surface area contributed by atoms with E-state index in [1.807, 2.05) is 20.9 Å². The molecule has 1 fully saturated rings. The van der Waals surface area contributed by atoms with Gasteiger partial charge in [-0.2, -0.15) is 0 Å². The molecule has 0 spiro atoms. The van der Waals surface area contributed by atoms with Gasteiger partial charge in [0.2, 0.25) is 5.91 Å². The molecule has 0 aromatic rings. The minimum atomic E-state index is 0.00328. The number of amides is 1. The van der Waals surface area contributed by atoms with Gasteiger partial charge in [-0.25, -0.2) is 0 Å². The van der Waals surface area contributed by atoms with Crippen LogP contribution in [0.15, 0.2) is 0 Å². The average Bonchev–Trinajstić information content (AvgIpc) is 2.75. The molecule has 1 amide bonds. The zero-order chi connectivity index (χ0) is 13.0. The normalized spacial score (nSPS) is 25.6. The van der Waals surface area contributed by atoms with E-state index in [1.54, 1.807) is 4.90 Å². The van der Waals surface area contributed by atoms with Crippen LogP contribution in [0.25, 0.3) is 0 Å². The fourth-order valence-corrected chi connectivity index (χ4v) is 2.28. The second-order valence-corrected chi connectivity index (χ2v) is 5.21. The Hall–Kier alpha value is -0.680. The van der Waals surface area contributed by atoms with Crippen LogP contribution < -0.4 is 5.73 Å². The van der Waals surface area contributed by atoms with E-state index in [2.05, 4.69) is 0 Å². The van der Waals surface area contributed by atoms with Gasteiger partial charge < -0.3 is 15.4 Å². The molecular weight excluding hydrogens is 236 g/mol. The maximum absolute atomic E-state index is 12.2. The van der Waals surface area contributed by atoms with Crippen molar-refractivity contribution in [3.05, 3.63) is 0 Å². The summed E-state index contributed by atoms with van der Waals surface area (Å²) in [5.41, 5.74) is 5.56. The van der Waals surface area contributed by atoms with E-state index in [0.29, 0.717) is 18.1 Å². The highest BCUT2D eigenvalue weighted by atomic mass is 32.1. The number of nitrogens with two attached hydrogens (primary N) is 1. The van der Waals surface area contributed by atoms with Crippen LogP contribution >= 0.6 is 12.2 Å². The number of nitrogens with zero attached hydrogens (tertiary/aromatic N) is 1. The van der Waals surface area contributed by atoms with Crippen molar-refractivity contribution in [3.8, 4) is 0 Å². The number of ether oxygens (including phenoxy) is 1. The van der Waals surface area contributed by atoms with Crippen molar-refractivity contribution in [1.29, 1.82) is 0 Å². The molecule has 17 heavy (non-hydrogen) atoms. The van der Waals surface area contributed by atoms with Gasteiger partial charge in [0, 0.05) is 26.1 Å². The third-order valence-electron chi connectivity index (χ3n) is 3.34. The van der Waals surface area contributed by atoms with Gasteiger partial charge in [-0.05, 0) is 12.8 Å². The third kappa shape index (κ3) is 3.64. The van der Waals surface area contributed by atoms with Crippen LogP contribution in [0.3, 0.4) is 0 Å². The zero-order valence-corrected chi connectivity index (χ0v) is 11.6. The minimum Gasteiger partial charge on any atom is -0.393 e. The van der Waals surface area contributed by atoms with Gasteiger partial charge in [0.1, 0.15) is 0 Å². The van der Waals surface area contributed by atoms with Gasteiger partial charge in [-0.1, -0.05) is 26.1 Å². The lowest BCUT2D eigenvalue weighted by molar-refractivity contribution is -0.136. The van der Waals surface area contributed by atoms with E-state index in [1.165, 1.54) is 0 Å². The first-order valence-corrected chi connectivity index (χ1v) is 6.54. The molecule has 3 unspecified atom stereocenters. The smallest absolute Gasteiger partial charge is 0.228 e. The molecule has 0 radical (unpaired) electrons. The van der Waals surface area contributed by atoms with Gasteiger partial charge in [0.05, 0.1) is 17.0 Å². The van der Waals surface area contributed by atoms with Crippen LogP contribution in [0.5, 0.6) is 0 Å². The molecule has 2 N–H and O–H groups in total. The Morgan fingerprint density at radius 2 is 2.29 bits per heavy atom. The largest absolute Gasteiger partial charge is 0.393 e. The number of hydrogen-bond acceptors (Lipinski definition) is 3. The van der Waals surface area contributed by atoms with Gasteiger partial charge in [-0.15, -0.1) is 0 Å². The molecule has 0 aromatic heterocycles. The number of rotatable bonds is 5. The SMILES string of the molecule is CCC1OCCC1C(=O)N(C)CC(C)C(N)=S. The molecule has 98 valence electrons. The number of thiocarbonyl (C=S) groups is 1. The van der Waals surface area contributed by atoms with Crippen LogP contribution in [0, 0.1) is 11.8 Å². The molecule has 1 aliphatic heterocycles. The lowest BCUT2D eigenvalue weighted by Crippen LogP contribution is -2.40. The van der Waals surface area contributed by atoms with Crippen molar-refractivity contribution in [3.63, 3.8) is 0 Å². The Balaban J connectivity index is 2.54. The Labute approximate surface area is 108 Å². The molecule has 0 saturated carbocycles. The van der Waals surface area contributed by atoms with Crippen molar-refractivity contribution in [2.24, 2.45) is 17.6 Å². The summed E-state index contributed by atoms with van der Waals surface area (Å²) < 4.78 is 5.54. The monoisotopic (exact) mass is 258 g/mol. The quantitative estimate of drug-likeness (QED) is 0.752. The standard InChI is InChI=1S/C12H22N2O2S/c1-4-10-9(5-6-16-10)12(15)14(3)7-8(2)11(13)17/h8-10H,4-7H2,1-3H3,(H2,13,17). The molecule has 1 saturated heterocycles. The first-order valence-electron chi connectivity index (χ1n) is 6.13. The van der Waals surface area contributed by atoms with Crippen molar-refractivity contribution in [1.82, 2.24) is 4.90 Å². The highest BCUT2D eigenvalue weighted by molar-refractivity contribution is 7.80. The van der Waals surface area contributed by atoms with Gasteiger partial charge >= 0.3 is 0 Å². The first kappa shape index (κ1) is 14.4. The van der Waals surface area contributed by atoms with Crippen LogP contribution in [0.4, 0.5) is 0 Å². The number of carbonyl (C=O) groups excluding carboxylic acids is 1. The van der Waals surface area contributed by atoms with E-state index < -0.39 is 0 Å². The van der Waals surface area contributed by atoms with Crippen molar-refractivity contribution < 1.29 is 9.53 Å². The molecule has 1 aliphatic rings. The molecular formula is C12H22N2O2S. The third-order valence-corrected chi connectivity index (χ3v) is 3.74. The van der Waals surface area contributed by atoms with E-state index in [4.69, 9.17) is 22.7 Å². The number of carbonyl (C=O) groups is 1. The first-order chi connectivity index (χ1) is 7.97. The van der Waals surface area contributed by atoms with Crippen LogP contribution in [-0.2, 0) is 9.53 Å². The minimum absolute atomic E-state index is 0.00328. The highest BCUT2D eigenvalue weighted by Gasteiger charge is 2.34. The van der Waals surface area contributed by atoms with Crippen LogP contribution in [0.1, 0.15) is 26.7 Å². The summed E-state index contributed by atoms with van der Waals surface area (Å²) in [7, 11) is 1.81. The maximum Gasteiger partial charge on any atom is 0.228 e. The maximum atomic E-state index is 12.2. The van der Waals surface area contributed by atoms with E-state index in [0.717, 1.165) is 12.8 Å². The Morgan fingerprint density at radius 1 is 1.65 bits per heavy atom. The molecule has 0 aliphatic carbocycles. The predicted octanol–water partition coefficient (Wildman–Crippen LogP) is 1.18. The summed E-state index contributed by atoms with van der Waals surface area (Å²) in [4.78, 5) is 14.4. The van der Waals surface area contributed by atoms with Gasteiger partial charge in [0.15, 0.2) is 0 Å². The van der Waals surface area contributed by atoms with E-state index in [9.17, 15) is 4.79 Å². The molecule has 0 bridgehead atoms. The molecule has 4 nitrogen and oxygen atoms in total. The van der Waals surface area contributed by atoms with Crippen LogP contribution in [0.2, 0.25) is 0 Å². The summed E-state index contributed by atoms with van der Waals surface area (Å²) in [5.74, 6) is 0.211. The summed E-state index contributed by atoms with van der Waals surface area (Å²) in [6.07, 6.45) is 1.78. The highest BCUT2D eigenvalue weighted by Crippen LogP contribution is 2.25. The number of hydrogen-bond donors (Lipinski definition) is 1. The lowest BCUT2D eigenvalue weighted by atomic mass is 9.97. The van der Waals surface area contributed by atoms with Crippen molar-refractivity contribution in [2.75, 3.05) is 20.2 Å². The Bertz CT molecular complexity index is 296. The molecule has 1 heterocycles. The van der Waals surface area contributed by atoms with E-state index in [-0.39, 0.29) is 23.8 Å². The van der Waals surface area contributed by atoms with E-state index >= 15 is 0 Å².